The van der Waals surface area contributed by atoms with E-state index in [2.05, 4.69) is 27.1 Å². The number of benzene rings is 1. The van der Waals surface area contributed by atoms with Crippen molar-refractivity contribution in [2.45, 2.75) is 0 Å². The Morgan fingerprint density at radius 1 is 1.12 bits per heavy atom. The van der Waals surface area contributed by atoms with Crippen LogP contribution in [0.15, 0.2) is 29.5 Å². The molecule has 7 nitrogen and oxygen atoms in total. The van der Waals surface area contributed by atoms with Gasteiger partial charge >= 0.3 is 0 Å². The minimum absolute atomic E-state index is 0.0480. The van der Waals surface area contributed by atoms with Crippen molar-refractivity contribution < 1.29 is 0 Å². The third-order valence-electron chi connectivity index (χ3n) is 4.01. The Balaban J connectivity index is 1.86. The standard InChI is InChI=1S/C17H15N7S/c1-23-4-6-24(7-5-23)17-22-14-3-2-13(8-16(14)25-17)21-15(11-20)12(9-18)10-19/h2-3,8,21H,4-7H2,1H3. The van der Waals surface area contributed by atoms with E-state index >= 15 is 0 Å². The van der Waals surface area contributed by atoms with Crippen LogP contribution in [0.5, 0.6) is 0 Å². The van der Waals surface area contributed by atoms with Crippen molar-refractivity contribution in [1.82, 2.24) is 9.88 Å². The molecule has 1 N–H and O–H groups in total. The lowest BCUT2D eigenvalue weighted by molar-refractivity contribution is 0.313. The van der Waals surface area contributed by atoms with Gasteiger partial charge in [-0.3, -0.25) is 0 Å². The van der Waals surface area contributed by atoms with Crippen LogP contribution in [0.3, 0.4) is 0 Å². The number of nitrogens with one attached hydrogen (secondary N) is 1. The van der Waals surface area contributed by atoms with Crippen molar-refractivity contribution in [3.8, 4) is 18.2 Å². The normalized spacial score (nSPS) is 14.4. The topological polar surface area (TPSA) is 103 Å². The van der Waals surface area contributed by atoms with Gasteiger partial charge in [0.15, 0.2) is 10.7 Å². The third kappa shape index (κ3) is 3.54. The number of piperazine rings is 1. The summed E-state index contributed by atoms with van der Waals surface area (Å²) in [6.45, 7) is 3.95. The fraction of sp³-hybridized carbons (Fsp3) is 0.294. The predicted octanol–water partition coefficient (Wildman–Crippen LogP) is 2.28. The molecule has 0 aliphatic carbocycles. The van der Waals surface area contributed by atoms with E-state index in [0.717, 1.165) is 41.5 Å². The second kappa shape index (κ2) is 7.19. The Kier molecular flexibility index (Phi) is 4.81. The van der Waals surface area contributed by atoms with Gasteiger partial charge < -0.3 is 15.1 Å². The van der Waals surface area contributed by atoms with E-state index < -0.39 is 0 Å². The van der Waals surface area contributed by atoms with Gasteiger partial charge in [0.2, 0.25) is 0 Å². The highest BCUT2D eigenvalue weighted by Crippen LogP contribution is 2.31. The molecule has 0 spiro atoms. The van der Waals surface area contributed by atoms with Gasteiger partial charge in [0.1, 0.15) is 23.9 Å². The minimum Gasteiger partial charge on any atom is -0.345 e. The van der Waals surface area contributed by atoms with E-state index in [1.807, 2.05) is 18.2 Å². The van der Waals surface area contributed by atoms with Gasteiger partial charge in [0, 0.05) is 31.9 Å². The van der Waals surface area contributed by atoms with Crippen LogP contribution in [0.1, 0.15) is 0 Å². The molecule has 3 rings (SSSR count). The first kappa shape index (κ1) is 16.7. The summed E-state index contributed by atoms with van der Waals surface area (Å²) >= 11 is 1.60. The monoisotopic (exact) mass is 349 g/mol. The summed E-state index contributed by atoms with van der Waals surface area (Å²) in [6, 6.07) is 10.9. The summed E-state index contributed by atoms with van der Waals surface area (Å²) in [5.41, 5.74) is 1.27. The first-order valence-corrected chi connectivity index (χ1v) is 8.52. The summed E-state index contributed by atoms with van der Waals surface area (Å²) in [7, 11) is 2.12. The maximum atomic E-state index is 9.14. The van der Waals surface area contributed by atoms with Crippen molar-refractivity contribution in [2.24, 2.45) is 0 Å². The SMILES string of the molecule is CN1CCN(c2nc3ccc(NC(C#N)=C(C#N)C#N)cc3s2)CC1. The average molecular weight is 349 g/mol. The van der Waals surface area contributed by atoms with Crippen LogP contribution in [0, 0.1) is 34.0 Å². The molecule has 1 aliphatic rings. The molecule has 25 heavy (non-hydrogen) atoms. The zero-order chi connectivity index (χ0) is 17.8. The zero-order valence-corrected chi connectivity index (χ0v) is 14.5. The summed E-state index contributed by atoms with van der Waals surface area (Å²) in [5, 5.41) is 30.8. The number of hydrogen-bond donors (Lipinski definition) is 1. The van der Waals surface area contributed by atoms with Crippen LogP contribution in [0.2, 0.25) is 0 Å². The maximum Gasteiger partial charge on any atom is 0.186 e. The van der Waals surface area contributed by atoms with Gasteiger partial charge in [0.05, 0.1) is 10.2 Å². The van der Waals surface area contributed by atoms with E-state index in [0.29, 0.717) is 5.69 Å². The number of fused-ring (bicyclic) bond motifs is 1. The molecule has 2 heterocycles. The fourth-order valence-electron chi connectivity index (χ4n) is 2.55. The van der Waals surface area contributed by atoms with Crippen LogP contribution in [0.4, 0.5) is 10.8 Å². The molecular formula is C17H15N7S. The van der Waals surface area contributed by atoms with Crippen LogP contribution >= 0.6 is 11.3 Å². The minimum atomic E-state index is -0.231. The maximum absolute atomic E-state index is 9.14. The number of hydrogen-bond acceptors (Lipinski definition) is 8. The Labute approximate surface area is 149 Å². The van der Waals surface area contributed by atoms with Gasteiger partial charge in [-0.1, -0.05) is 11.3 Å². The van der Waals surface area contributed by atoms with Gasteiger partial charge in [-0.2, -0.15) is 15.8 Å². The van der Waals surface area contributed by atoms with E-state index in [-0.39, 0.29) is 11.3 Å². The molecule has 1 aromatic carbocycles. The highest BCUT2D eigenvalue weighted by atomic mass is 32.1. The number of thiazole rings is 1. The van der Waals surface area contributed by atoms with Gasteiger partial charge in [-0.15, -0.1) is 0 Å². The number of allylic oxidation sites excluding steroid dienone is 2. The highest BCUT2D eigenvalue weighted by molar-refractivity contribution is 7.22. The number of rotatable bonds is 3. The van der Waals surface area contributed by atoms with E-state index in [1.165, 1.54) is 0 Å². The molecule has 0 atom stereocenters. The van der Waals surface area contributed by atoms with Crippen molar-refractivity contribution in [3.63, 3.8) is 0 Å². The second-order valence-electron chi connectivity index (χ2n) is 5.68. The molecule has 1 aliphatic heterocycles. The number of nitriles is 3. The van der Waals surface area contributed by atoms with Crippen molar-refractivity contribution in [1.29, 1.82) is 15.8 Å². The lowest BCUT2D eigenvalue weighted by Crippen LogP contribution is -2.44. The first-order valence-electron chi connectivity index (χ1n) is 7.70. The zero-order valence-electron chi connectivity index (χ0n) is 13.7. The molecule has 0 amide bonds. The van der Waals surface area contributed by atoms with Gasteiger partial charge in [-0.25, -0.2) is 4.98 Å². The van der Waals surface area contributed by atoms with Crippen molar-refractivity contribution in [3.05, 3.63) is 29.5 Å². The van der Waals surface area contributed by atoms with Crippen molar-refractivity contribution >= 4 is 32.4 Å². The summed E-state index contributed by atoms with van der Waals surface area (Å²) < 4.78 is 0.992. The lowest BCUT2D eigenvalue weighted by Gasteiger charge is -2.31. The second-order valence-corrected chi connectivity index (χ2v) is 6.69. The molecule has 1 saturated heterocycles. The summed E-state index contributed by atoms with van der Waals surface area (Å²) in [6.07, 6.45) is 0. The molecule has 1 fully saturated rings. The molecule has 8 heteroatoms. The molecule has 0 bridgehead atoms. The molecule has 0 unspecified atom stereocenters. The quantitative estimate of drug-likeness (QED) is 0.848. The third-order valence-corrected chi connectivity index (χ3v) is 5.08. The molecule has 0 radical (unpaired) electrons. The highest BCUT2D eigenvalue weighted by Gasteiger charge is 2.17. The fourth-order valence-corrected chi connectivity index (χ4v) is 3.61. The Morgan fingerprint density at radius 3 is 2.48 bits per heavy atom. The molecular weight excluding hydrogens is 334 g/mol. The number of nitrogens with zero attached hydrogens (tertiary/aromatic N) is 6. The van der Waals surface area contributed by atoms with Crippen molar-refractivity contribution in [2.75, 3.05) is 43.4 Å². The number of likely N-dealkylation sites (N-methyl/N-ethyl adjacent to an activating group) is 1. The smallest absolute Gasteiger partial charge is 0.186 e. The number of aromatic nitrogens is 1. The van der Waals surface area contributed by atoms with Crippen LogP contribution in [-0.2, 0) is 0 Å². The summed E-state index contributed by atoms with van der Waals surface area (Å²) in [4.78, 5) is 9.26. The Morgan fingerprint density at radius 2 is 1.84 bits per heavy atom. The molecule has 2 aromatic rings. The average Bonchev–Trinajstić information content (AvgIpc) is 3.05. The van der Waals surface area contributed by atoms with E-state index in [1.54, 1.807) is 29.5 Å². The number of anilines is 2. The first-order chi connectivity index (χ1) is 12.1. The van der Waals surface area contributed by atoms with Crippen LogP contribution in [0.25, 0.3) is 10.2 Å². The predicted molar refractivity (Wildman–Crippen MR) is 96.8 cm³/mol. The Hall–Kier alpha value is -3.12. The van der Waals surface area contributed by atoms with Gasteiger partial charge in [-0.05, 0) is 25.2 Å². The van der Waals surface area contributed by atoms with E-state index in [9.17, 15) is 0 Å². The summed E-state index contributed by atoms with van der Waals surface area (Å²) in [5.74, 6) is 0. The Bertz CT molecular complexity index is 930. The van der Waals surface area contributed by atoms with E-state index in [4.69, 9.17) is 15.8 Å². The van der Waals surface area contributed by atoms with Crippen LogP contribution < -0.4 is 10.2 Å². The van der Waals surface area contributed by atoms with Crippen LogP contribution in [-0.4, -0.2) is 43.1 Å². The largest absolute Gasteiger partial charge is 0.345 e. The molecule has 1 aromatic heterocycles. The van der Waals surface area contributed by atoms with Gasteiger partial charge in [0.25, 0.3) is 0 Å². The molecule has 124 valence electrons. The molecule has 0 saturated carbocycles. The lowest BCUT2D eigenvalue weighted by atomic mass is 10.2.